The van der Waals surface area contributed by atoms with Gasteiger partial charge in [-0.15, -0.1) is 0 Å². The first kappa shape index (κ1) is 26.4. The summed E-state index contributed by atoms with van der Waals surface area (Å²) in [7, 11) is -4.03. The van der Waals surface area contributed by atoms with Crippen LogP contribution in [-0.4, -0.2) is 33.7 Å². The summed E-state index contributed by atoms with van der Waals surface area (Å²) in [5, 5.41) is 3.28. The number of carbonyl (C=O) groups is 1. The van der Waals surface area contributed by atoms with Crippen molar-refractivity contribution in [3.05, 3.63) is 94.5 Å². The first-order valence-corrected chi connectivity index (χ1v) is 12.6. The molecule has 0 unspecified atom stereocenters. The van der Waals surface area contributed by atoms with E-state index in [1.54, 1.807) is 24.3 Å². The Kier molecular flexibility index (Phi) is 8.29. The number of ether oxygens (including phenoxy) is 1. The first-order chi connectivity index (χ1) is 16.4. The molecule has 0 aliphatic heterocycles. The number of nitrogens with zero attached hydrogens (tertiary/aromatic N) is 1. The van der Waals surface area contributed by atoms with E-state index in [2.05, 4.69) is 5.32 Å². The molecule has 3 rings (SSSR count). The average molecular weight is 527 g/mol. The molecule has 6 nitrogen and oxygen atoms in total. The highest BCUT2D eigenvalue weighted by atomic mass is 35.5. The van der Waals surface area contributed by atoms with Crippen LogP contribution in [0.2, 0.25) is 5.02 Å². The van der Waals surface area contributed by atoms with Crippen molar-refractivity contribution in [2.24, 2.45) is 0 Å². The summed E-state index contributed by atoms with van der Waals surface area (Å²) in [5.41, 5.74) is -0.802. The zero-order chi connectivity index (χ0) is 25.6. The Balaban J connectivity index is 1.65. The minimum Gasteiger partial charge on any atom is -0.492 e. The molecular formula is C24H22ClF3N2O4S. The Morgan fingerprint density at radius 2 is 1.63 bits per heavy atom. The molecule has 3 aromatic carbocycles. The zero-order valence-corrected chi connectivity index (χ0v) is 20.1. The minimum absolute atomic E-state index is 0.230. The van der Waals surface area contributed by atoms with Crippen molar-refractivity contribution in [3.63, 3.8) is 0 Å². The second-order valence-electron chi connectivity index (χ2n) is 7.54. The molecule has 0 heterocycles. The van der Waals surface area contributed by atoms with Crippen LogP contribution >= 0.6 is 11.6 Å². The van der Waals surface area contributed by atoms with Gasteiger partial charge in [0.05, 0.1) is 30.6 Å². The van der Waals surface area contributed by atoms with Crippen LogP contribution < -0.4 is 14.4 Å². The van der Waals surface area contributed by atoms with Crippen molar-refractivity contribution in [1.82, 2.24) is 5.32 Å². The molecule has 0 fully saturated rings. The van der Waals surface area contributed by atoms with Crippen LogP contribution in [0.1, 0.15) is 21.5 Å². The summed E-state index contributed by atoms with van der Waals surface area (Å²) in [5.74, 6) is 0.231. The molecule has 0 radical (unpaired) electrons. The topological polar surface area (TPSA) is 75.7 Å². The number of nitrogens with one attached hydrogen (secondary N) is 1. The van der Waals surface area contributed by atoms with Gasteiger partial charge in [-0.3, -0.25) is 9.10 Å². The van der Waals surface area contributed by atoms with Gasteiger partial charge in [-0.05, 0) is 54.1 Å². The summed E-state index contributed by atoms with van der Waals surface area (Å²) < 4.78 is 71.2. The number of hydrogen-bond donors (Lipinski definition) is 1. The molecule has 186 valence electrons. The molecular weight excluding hydrogens is 505 g/mol. The number of hydrogen-bond acceptors (Lipinski definition) is 4. The van der Waals surface area contributed by atoms with Crippen LogP contribution in [0, 0.1) is 0 Å². The van der Waals surface area contributed by atoms with Crippen molar-refractivity contribution in [2.45, 2.75) is 12.7 Å². The van der Waals surface area contributed by atoms with Gasteiger partial charge in [0.15, 0.2) is 0 Å². The van der Waals surface area contributed by atoms with E-state index < -0.39 is 27.5 Å². The Morgan fingerprint density at radius 1 is 1.00 bits per heavy atom. The molecule has 0 saturated heterocycles. The van der Waals surface area contributed by atoms with E-state index in [0.717, 1.165) is 18.4 Å². The van der Waals surface area contributed by atoms with E-state index >= 15 is 0 Å². The number of carbonyl (C=O) groups excluding carboxylic acids is 1. The lowest BCUT2D eigenvalue weighted by Gasteiger charge is -2.25. The molecule has 0 aliphatic carbocycles. The molecule has 35 heavy (non-hydrogen) atoms. The quantitative estimate of drug-likeness (QED) is 0.392. The van der Waals surface area contributed by atoms with Gasteiger partial charge >= 0.3 is 6.18 Å². The lowest BCUT2D eigenvalue weighted by atomic mass is 10.1. The minimum atomic E-state index is -4.72. The van der Waals surface area contributed by atoms with Crippen molar-refractivity contribution in [1.29, 1.82) is 0 Å². The lowest BCUT2D eigenvalue weighted by Crippen LogP contribution is -2.31. The number of anilines is 1. The van der Waals surface area contributed by atoms with Crippen molar-refractivity contribution < 1.29 is 31.1 Å². The third kappa shape index (κ3) is 7.37. The molecule has 0 spiro atoms. The summed E-state index contributed by atoms with van der Waals surface area (Å²) in [6, 6.07) is 17.2. The highest BCUT2D eigenvalue weighted by Crippen LogP contribution is 2.37. The Bertz CT molecular complexity index is 1270. The lowest BCUT2D eigenvalue weighted by molar-refractivity contribution is -0.137. The fourth-order valence-electron chi connectivity index (χ4n) is 3.21. The maximum absolute atomic E-state index is 13.4. The van der Waals surface area contributed by atoms with Crippen LogP contribution in [0.3, 0.4) is 0 Å². The van der Waals surface area contributed by atoms with Crippen molar-refractivity contribution in [2.75, 3.05) is 23.7 Å². The molecule has 3 aromatic rings. The Morgan fingerprint density at radius 3 is 2.23 bits per heavy atom. The Hall–Kier alpha value is -3.24. The third-order valence-corrected chi connectivity index (χ3v) is 6.27. The molecule has 1 N–H and O–H groups in total. The number of rotatable bonds is 9. The molecule has 0 saturated carbocycles. The normalized spacial score (nSPS) is 11.7. The fraction of sp³-hybridized carbons (Fsp3) is 0.208. The summed E-state index contributed by atoms with van der Waals surface area (Å²) in [6.07, 6.45) is -3.88. The standard InChI is InChI=1S/C24H22ClF3N2O4S/c1-35(32,33)30(22-5-3-2-4-21(22)24(26,27)28)16-17-6-8-18(9-7-17)23(31)29-14-15-34-20-12-10-19(25)11-13-20/h2-13H,14-16H2,1H3,(H,29,31). The predicted molar refractivity (Wildman–Crippen MR) is 128 cm³/mol. The number of alkyl halides is 3. The summed E-state index contributed by atoms with van der Waals surface area (Å²) in [6.45, 7) is 0.134. The van der Waals surface area contributed by atoms with E-state index in [0.29, 0.717) is 26.2 Å². The monoisotopic (exact) mass is 526 g/mol. The van der Waals surface area contributed by atoms with Crippen molar-refractivity contribution in [3.8, 4) is 5.75 Å². The second kappa shape index (κ2) is 11.0. The largest absolute Gasteiger partial charge is 0.492 e. The van der Waals surface area contributed by atoms with E-state index in [9.17, 15) is 26.4 Å². The predicted octanol–water partition coefficient (Wildman–Crippen LogP) is 5.13. The Labute approximate surface area is 206 Å². The van der Waals surface area contributed by atoms with Crippen LogP contribution in [0.5, 0.6) is 5.75 Å². The molecule has 11 heteroatoms. The molecule has 0 aromatic heterocycles. The van der Waals surface area contributed by atoms with E-state index in [1.165, 1.54) is 36.4 Å². The van der Waals surface area contributed by atoms with Gasteiger partial charge in [-0.1, -0.05) is 35.9 Å². The van der Waals surface area contributed by atoms with Gasteiger partial charge in [0.2, 0.25) is 10.0 Å². The maximum atomic E-state index is 13.4. The van der Waals surface area contributed by atoms with Crippen LogP contribution in [0.15, 0.2) is 72.8 Å². The maximum Gasteiger partial charge on any atom is 0.418 e. The number of halogens is 4. The van der Waals surface area contributed by atoms with E-state index in [4.69, 9.17) is 16.3 Å². The van der Waals surface area contributed by atoms with Gasteiger partial charge in [-0.25, -0.2) is 8.42 Å². The molecule has 0 bridgehead atoms. The van der Waals surface area contributed by atoms with E-state index in [1.807, 2.05) is 0 Å². The third-order valence-electron chi connectivity index (χ3n) is 4.89. The van der Waals surface area contributed by atoms with Crippen LogP contribution in [0.4, 0.5) is 18.9 Å². The second-order valence-corrected chi connectivity index (χ2v) is 9.88. The van der Waals surface area contributed by atoms with Gasteiger partial charge in [0.1, 0.15) is 12.4 Å². The molecule has 0 aliphatic rings. The van der Waals surface area contributed by atoms with E-state index in [-0.39, 0.29) is 25.6 Å². The number of sulfonamides is 1. The van der Waals surface area contributed by atoms with Gasteiger partial charge in [0.25, 0.3) is 5.91 Å². The molecule has 1 amide bonds. The zero-order valence-electron chi connectivity index (χ0n) is 18.5. The van der Waals surface area contributed by atoms with Crippen LogP contribution in [0.25, 0.3) is 0 Å². The number of benzene rings is 3. The van der Waals surface area contributed by atoms with Gasteiger partial charge < -0.3 is 10.1 Å². The van der Waals surface area contributed by atoms with Gasteiger partial charge in [-0.2, -0.15) is 13.2 Å². The first-order valence-electron chi connectivity index (χ1n) is 10.3. The summed E-state index contributed by atoms with van der Waals surface area (Å²) in [4.78, 5) is 12.4. The highest BCUT2D eigenvalue weighted by molar-refractivity contribution is 7.92. The highest BCUT2D eigenvalue weighted by Gasteiger charge is 2.36. The number of amides is 1. The number of para-hydroxylation sites is 1. The SMILES string of the molecule is CS(=O)(=O)N(Cc1ccc(C(=O)NCCOc2ccc(Cl)cc2)cc1)c1ccccc1C(F)(F)F. The summed E-state index contributed by atoms with van der Waals surface area (Å²) >= 11 is 5.81. The van der Waals surface area contributed by atoms with Gasteiger partial charge in [0, 0.05) is 10.6 Å². The fourth-order valence-corrected chi connectivity index (χ4v) is 4.23. The van der Waals surface area contributed by atoms with Crippen molar-refractivity contribution >= 4 is 33.2 Å². The van der Waals surface area contributed by atoms with Crippen LogP contribution in [-0.2, 0) is 22.7 Å². The molecule has 0 atom stereocenters. The smallest absolute Gasteiger partial charge is 0.418 e. The average Bonchev–Trinajstić information content (AvgIpc) is 2.80.